The Labute approximate surface area is 179 Å². The summed E-state index contributed by atoms with van der Waals surface area (Å²) in [5.74, 6) is -0.885. The van der Waals surface area contributed by atoms with Crippen LogP contribution in [0.15, 0.2) is 54.6 Å². The summed E-state index contributed by atoms with van der Waals surface area (Å²) in [6, 6.07) is 15.5. The Morgan fingerprint density at radius 1 is 0.935 bits per heavy atom. The van der Waals surface area contributed by atoms with Gasteiger partial charge in [0.2, 0.25) is 0 Å². The molecule has 1 aromatic heterocycles. The molecule has 2 heterocycles. The Balaban J connectivity index is 1.53. The van der Waals surface area contributed by atoms with Crippen LogP contribution in [-0.4, -0.2) is 39.0 Å². The lowest BCUT2D eigenvalue weighted by molar-refractivity contribution is -0.204. The summed E-state index contributed by atoms with van der Waals surface area (Å²) < 4.78 is 26.9. The maximum absolute atomic E-state index is 13.5. The number of hydrogen-bond acceptors (Lipinski definition) is 5. The maximum atomic E-state index is 13.5. The first-order valence-electron chi connectivity index (χ1n) is 10.6. The zero-order valence-corrected chi connectivity index (χ0v) is 17.1. The minimum Gasteiger partial charge on any atom is -0.392 e. The van der Waals surface area contributed by atoms with E-state index in [1.54, 1.807) is 16.8 Å². The van der Waals surface area contributed by atoms with E-state index in [9.17, 15) is 14.6 Å². The number of benzene rings is 2. The summed E-state index contributed by atoms with van der Waals surface area (Å²) in [6.07, 6.45) is 2.17. The first kappa shape index (κ1) is 20.3. The third-order valence-electron chi connectivity index (χ3n) is 6.34. The minimum atomic E-state index is -1.09. The molecule has 2 aromatic carbocycles. The number of ether oxygens (including phenoxy) is 2. The SMILES string of the molecule is OCc1ccc(-n2nc(C3(O)CCC4(CC3)OCCO4)cc2-c2ccc(F)cc2)cc1. The Morgan fingerprint density at radius 2 is 1.58 bits per heavy atom. The van der Waals surface area contributed by atoms with E-state index in [2.05, 4.69) is 0 Å². The van der Waals surface area contributed by atoms with Crippen molar-refractivity contribution >= 4 is 0 Å². The Bertz CT molecular complexity index is 1050. The van der Waals surface area contributed by atoms with Crippen molar-refractivity contribution in [2.45, 2.75) is 43.7 Å². The number of rotatable bonds is 4. The highest BCUT2D eigenvalue weighted by atomic mass is 19.1. The third kappa shape index (κ3) is 3.78. The lowest BCUT2D eigenvalue weighted by Crippen LogP contribution is -2.42. The standard InChI is InChI=1S/C24H25FN2O4/c25-19-5-3-18(4-6-19)21-15-22(26-27(21)20-7-1-17(16-28)2-8-20)23(29)9-11-24(12-10-23)30-13-14-31-24/h1-8,15,28-29H,9-14,16H2. The fourth-order valence-corrected chi connectivity index (χ4v) is 4.46. The van der Waals surface area contributed by atoms with Gasteiger partial charge >= 0.3 is 0 Å². The summed E-state index contributed by atoms with van der Waals surface area (Å²) in [7, 11) is 0. The van der Waals surface area contributed by atoms with Crippen LogP contribution in [0.25, 0.3) is 16.9 Å². The quantitative estimate of drug-likeness (QED) is 0.668. The van der Waals surface area contributed by atoms with E-state index in [0.29, 0.717) is 44.6 Å². The molecule has 7 heteroatoms. The smallest absolute Gasteiger partial charge is 0.168 e. The average Bonchev–Trinajstić information content (AvgIpc) is 3.45. The van der Waals surface area contributed by atoms with Crippen molar-refractivity contribution in [1.29, 1.82) is 0 Å². The average molecular weight is 424 g/mol. The molecule has 1 saturated carbocycles. The molecule has 0 bridgehead atoms. The van der Waals surface area contributed by atoms with Crippen molar-refractivity contribution in [3.63, 3.8) is 0 Å². The molecule has 1 saturated heterocycles. The van der Waals surface area contributed by atoms with E-state index in [0.717, 1.165) is 22.5 Å². The van der Waals surface area contributed by atoms with Gasteiger partial charge in [-0.05, 0) is 60.9 Å². The second-order valence-electron chi connectivity index (χ2n) is 8.30. The van der Waals surface area contributed by atoms with Crippen LogP contribution in [0, 0.1) is 5.82 Å². The molecule has 162 valence electrons. The molecular formula is C24H25FN2O4. The normalized spacial score (nSPS) is 19.7. The van der Waals surface area contributed by atoms with Crippen molar-refractivity contribution in [2.75, 3.05) is 13.2 Å². The van der Waals surface area contributed by atoms with E-state index in [1.165, 1.54) is 12.1 Å². The van der Waals surface area contributed by atoms with E-state index < -0.39 is 11.4 Å². The van der Waals surface area contributed by atoms with Crippen molar-refractivity contribution in [3.05, 3.63) is 71.7 Å². The van der Waals surface area contributed by atoms with E-state index in [1.807, 2.05) is 30.3 Å². The molecule has 0 unspecified atom stereocenters. The van der Waals surface area contributed by atoms with Gasteiger partial charge in [0, 0.05) is 18.4 Å². The molecule has 3 aromatic rings. The first-order chi connectivity index (χ1) is 15.0. The van der Waals surface area contributed by atoms with Crippen LogP contribution >= 0.6 is 0 Å². The molecule has 31 heavy (non-hydrogen) atoms. The molecule has 0 radical (unpaired) electrons. The maximum Gasteiger partial charge on any atom is 0.168 e. The third-order valence-corrected chi connectivity index (χ3v) is 6.34. The summed E-state index contributed by atoms with van der Waals surface area (Å²) in [6.45, 7) is 1.14. The molecule has 6 nitrogen and oxygen atoms in total. The molecule has 1 aliphatic carbocycles. The Kier molecular flexibility index (Phi) is 5.14. The Hall–Kier alpha value is -2.58. The lowest BCUT2D eigenvalue weighted by Gasteiger charge is -2.39. The van der Waals surface area contributed by atoms with Crippen LogP contribution in [0.1, 0.15) is 36.9 Å². The number of nitrogens with zero attached hydrogens (tertiary/aromatic N) is 2. The van der Waals surface area contributed by atoms with Crippen molar-refractivity contribution < 1.29 is 24.1 Å². The molecule has 5 rings (SSSR count). The fraction of sp³-hybridized carbons (Fsp3) is 0.375. The summed E-state index contributed by atoms with van der Waals surface area (Å²) in [5.41, 5.74) is 2.63. The molecule has 1 spiro atoms. The molecular weight excluding hydrogens is 399 g/mol. The van der Waals surface area contributed by atoms with Crippen LogP contribution in [0.3, 0.4) is 0 Å². The van der Waals surface area contributed by atoms with Gasteiger partial charge in [-0.2, -0.15) is 5.10 Å². The molecule has 1 aliphatic heterocycles. The zero-order chi connectivity index (χ0) is 21.5. The highest BCUT2D eigenvalue weighted by Gasteiger charge is 2.47. The molecule has 2 aliphatic rings. The summed E-state index contributed by atoms with van der Waals surface area (Å²) >= 11 is 0. The van der Waals surface area contributed by atoms with Gasteiger partial charge in [-0.15, -0.1) is 0 Å². The Morgan fingerprint density at radius 3 is 2.19 bits per heavy atom. The number of hydrogen-bond donors (Lipinski definition) is 2. The molecule has 0 atom stereocenters. The van der Waals surface area contributed by atoms with Crippen LogP contribution in [0.5, 0.6) is 0 Å². The van der Waals surface area contributed by atoms with Crippen LogP contribution < -0.4 is 0 Å². The van der Waals surface area contributed by atoms with Gasteiger partial charge in [-0.1, -0.05) is 12.1 Å². The van der Waals surface area contributed by atoms with E-state index in [4.69, 9.17) is 14.6 Å². The van der Waals surface area contributed by atoms with E-state index >= 15 is 0 Å². The number of aliphatic hydroxyl groups is 2. The predicted octanol–water partition coefficient (Wildman–Crippen LogP) is 3.68. The van der Waals surface area contributed by atoms with E-state index in [-0.39, 0.29) is 12.4 Å². The van der Waals surface area contributed by atoms with Crippen LogP contribution in [-0.2, 0) is 21.7 Å². The van der Waals surface area contributed by atoms with Gasteiger partial charge in [0.25, 0.3) is 0 Å². The second kappa shape index (κ2) is 7.84. The van der Waals surface area contributed by atoms with Crippen LogP contribution in [0.4, 0.5) is 4.39 Å². The zero-order valence-electron chi connectivity index (χ0n) is 17.1. The van der Waals surface area contributed by atoms with Crippen molar-refractivity contribution in [1.82, 2.24) is 9.78 Å². The summed E-state index contributed by atoms with van der Waals surface area (Å²) in [4.78, 5) is 0. The highest BCUT2D eigenvalue weighted by molar-refractivity contribution is 5.63. The lowest BCUT2D eigenvalue weighted by atomic mass is 9.79. The van der Waals surface area contributed by atoms with Gasteiger partial charge in [0.1, 0.15) is 11.4 Å². The van der Waals surface area contributed by atoms with Crippen molar-refractivity contribution in [2.24, 2.45) is 0 Å². The van der Waals surface area contributed by atoms with Gasteiger partial charge in [0.15, 0.2) is 5.79 Å². The van der Waals surface area contributed by atoms with Crippen molar-refractivity contribution in [3.8, 4) is 16.9 Å². The molecule has 0 amide bonds. The fourth-order valence-electron chi connectivity index (χ4n) is 4.46. The van der Waals surface area contributed by atoms with Crippen LogP contribution in [0.2, 0.25) is 0 Å². The number of aromatic nitrogens is 2. The number of aliphatic hydroxyl groups excluding tert-OH is 1. The minimum absolute atomic E-state index is 0.0406. The summed E-state index contributed by atoms with van der Waals surface area (Å²) in [5, 5.41) is 25.6. The first-order valence-corrected chi connectivity index (χ1v) is 10.6. The molecule has 2 fully saturated rings. The molecule has 2 N–H and O–H groups in total. The monoisotopic (exact) mass is 424 g/mol. The second-order valence-corrected chi connectivity index (χ2v) is 8.30. The van der Waals surface area contributed by atoms with Gasteiger partial charge < -0.3 is 19.7 Å². The topological polar surface area (TPSA) is 76.7 Å². The van der Waals surface area contributed by atoms with Gasteiger partial charge in [-0.3, -0.25) is 0 Å². The largest absolute Gasteiger partial charge is 0.392 e. The van der Waals surface area contributed by atoms with Gasteiger partial charge in [0.05, 0.1) is 36.9 Å². The highest BCUT2D eigenvalue weighted by Crippen LogP contribution is 2.45. The predicted molar refractivity (Wildman–Crippen MR) is 112 cm³/mol. The number of halogens is 1. The van der Waals surface area contributed by atoms with Gasteiger partial charge in [-0.25, -0.2) is 9.07 Å².